The average Bonchev–Trinajstić information content (AvgIpc) is 3.44. The van der Waals surface area contributed by atoms with Gasteiger partial charge in [-0.3, -0.25) is 37.3 Å². The molecule has 0 aromatic heterocycles. The van der Waals surface area contributed by atoms with Crippen molar-refractivity contribution in [2.24, 2.45) is 0 Å². The third-order valence-electron chi connectivity index (χ3n) is 14.4. The zero-order valence-electron chi connectivity index (χ0n) is 51.7. The van der Waals surface area contributed by atoms with E-state index in [2.05, 4.69) is 27.7 Å². The molecule has 0 fully saturated rings. The van der Waals surface area contributed by atoms with Crippen molar-refractivity contribution in [3.05, 3.63) is 0 Å². The summed E-state index contributed by atoms with van der Waals surface area (Å²) in [5, 5.41) is 10.5. The highest BCUT2D eigenvalue weighted by molar-refractivity contribution is 7.47. The smallest absolute Gasteiger partial charge is 0.462 e. The standard InChI is InChI=1S/C62H120O17P2/c1-5-9-13-17-21-24-27-30-33-36-40-43-47-60(65)72-52-57(78-61(66)48-44-38-20-16-12-8-4)54-76-80(68,69)74-50-56(63)51-75-81(70,71)77-55-58(53-73-59(64)46-42-39-35-32-29-26-23-19-15-11-7-3)79-62(67)49-45-41-37-34-31-28-25-22-18-14-10-6-2/h56-58,63H,5-55H2,1-4H3,(H,68,69)(H,70,71)/t56-,57-,58-/m1/s1. The summed E-state index contributed by atoms with van der Waals surface area (Å²) in [6, 6.07) is 0. The van der Waals surface area contributed by atoms with E-state index in [1.165, 1.54) is 141 Å². The van der Waals surface area contributed by atoms with Crippen LogP contribution in [0.25, 0.3) is 0 Å². The summed E-state index contributed by atoms with van der Waals surface area (Å²) in [4.78, 5) is 71.9. The number of carbonyl (C=O) groups excluding carboxylic acids is 4. The van der Waals surface area contributed by atoms with E-state index in [1.807, 2.05) is 0 Å². The third kappa shape index (κ3) is 56.9. The second kappa shape index (κ2) is 57.2. The number of hydrogen-bond donors (Lipinski definition) is 3. The number of ether oxygens (including phenoxy) is 4. The molecule has 0 aromatic carbocycles. The number of rotatable bonds is 63. The molecule has 81 heavy (non-hydrogen) atoms. The molecule has 0 rings (SSSR count). The van der Waals surface area contributed by atoms with E-state index in [0.717, 1.165) is 96.3 Å². The van der Waals surface area contributed by atoms with Crippen LogP contribution in [0.4, 0.5) is 0 Å². The lowest BCUT2D eigenvalue weighted by Gasteiger charge is -2.21. The van der Waals surface area contributed by atoms with Crippen LogP contribution in [0.15, 0.2) is 0 Å². The first-order valence-electron chi connectivity index (χ1n) is 32.8. The van der Waals surface area contributed by atoms with Gasteiger partial charge in [0.2, 0.25) is 0 Å². The lowest BCUT2D eigenvalue weighted by atomic mass is 10.0. The molecule has 3 N–H and O–H groups in total. The first kappa shape index (κ1) is 79.1. The minimum absolute atomic E-state index is 0.103. The van der Waals surface area contributed by atoms with Crippen LogP contribution in [-0.4, -0.2) is 96.7 Å². The largest absolute Gasteiger partial charge is 0.472 e. The van der Waals surface area contributed by atoms with E-state index in [1.54, 1.807) is 0 Å². The normalized spacial score (nSPS) is 14.2. The Hall–Kier alpha value is -1.94. The lowest BCUT2D eigenvalue weighted by Crippen LogP contribution is -2.30. The van der Waals surface area contributed by atoms with Gasteiger partial charge in [0.1, 0.15) is 19.3 Å². The Balaban J connectivity index is 5.16. The molecule has 0 aromatic rings. The van der Waals surface area contributed by atoms with Gasteiger partial charge in [-0.05, 0) is 25.7 Å². The molecule has 0 aliphatic carbocycles. The number of phosphoric ester groups is 2. The van der Waals surface area contributed by atoms with Crippen LogP contribution in [0.2, 0.25) is 0 Å². The van der Waals surface area contributed by atoms with Gasteiger partial charge >= 0.3 is 39.5 Å². The van der Waals surface area contributed by atoms with Crippen LogP contribution in [0.5, 0.6) is 0 Å². The Bertz CT molecular complexity index is 1570. The highest BCUT2D eigenvalue weighted by atomic mass is 31.2. The van der Waals surface area contributed by atoms with Crippen molar-refractivity contribution in [3.8, 4) is 0 Å². The van der Waals surface area contributed by atoms with Crippen molar-refractivity contribution in [1.82, 2.24) is 0 Å². The molecular weight excluding hydrogens is 1080 g/mol. The van der Waals surface area contributed by atoms with Gasteiger partial charge in [0.05, 0.1) is 26.4 Å². The van der Waals surface area contributed by atoms with E-state index in [-0.39, 0.29) is 25.7 Å². The van der Waals surface area contributed by atoms with Crippen LogP contribution in [-0.2, 0) is 65.4 Å². The number of aliphatic hydroxyl groups is 1. The van der Waals surface area contributed by atoms with Crippen LogP contribution >= 0.6 is 15.6 Å². The van der Waals surface area contributed by atoms with Crippen molar-refractivity contribution in [2.75, 3.05) is 39.6 Å². The quantitative estimate of drug-likeness (QED) is 0.0222. The first-order valence-corrected chi connectivity index (χ1v) is 35.8. The van der Waals surface area contributed by atoms with Crippen LogP contribution in [0, 0.1) is 0 Å². The summed E-state index contributed by atoms with van der Waals surface area (Å²) < 4.78 is 67.8. The maximum Gasteiger partial charge on any atom is 0.472 e. The number of carbonyl (C=O) groups is 4. The minimum atomic E-state index is -4.94. The van der Waals surface area contributed by atoms with Gasteiger partial charge in [0.15, 0.2) is 12.2 Å². The fraction of sp³-hybridized carbons (Fsp3) is 0.935. The molecule has 0 amide bonds. The monoisotopic (exact) mass is 1200 g/mol. The van der Waals surface area contributed by atoms with Gasteiger partial charge in [-0.2, -0.15) is 0 Å². The topological polar surface area (TPSA) is 237 Å². The molecule has 0 saturated carbocycles. The van der Waals surface area contributed by atoms with Crippen LogP contribution < -0.4 is 0 Å². The molecule has 19 heteroatoms. The fourth-order valence-corrected chi connectivity index (χ4v) is 10.9. The molecule has 480 valence electrons. The number of hydrogen-bond acceptors (Lipinski definition) is 15. The number of aliphatic hydroxyl groups excluding tert-OH is 1. The van der Waals surface area contributed by atoms with Crippen molar-refractivity contribution in [3.63, 3.8) is 0 Å². The van der Waals surface area contributed by atoms with E-state index in [0.29, 0.717) is 25.7 Å². The van der Waals surface area contributed by atoms with E-state index < -0.39 is 97.5 Å². The Kier molecular flexibility index (Phi) is 55.8. The van der Waals surface area contributed by atoms with Crippen molar-refractivity contribution in [2.45, 2.75) is 335 Å². The minimum Gasteiger partial charge on any atom is -0.462 e. The molecule has 17 nitrogen and oxygen atoms in total. The number of esters is 4. The molecule has 0 bridgehead atoms. The van der Waals surface area contributed by atoms with Gasteiger partial charge in [-0.1, -0.05) is 265 Å². The highest BCUT2D eigenvalue weighted by Crippen LogP contribution is 2.45. The van der Waals surface area contributed by atoms with Gasteiger partial charge < -0.3 is 33.8 Å². The Morgan fingerprint density at radius 1 is 0.296 bits per heavy atom. The predicted octanol–water partition coefficient (Wildman–Crippen LogP) is 17.2. The van der Waals surface area contributed by atoms with Crippen molar-refractivity contribution < 1.29 is 80.2 Å². The molecule has 5 atom stereocenters. The molecular formula is C62H120O17P2. The summed E-state index contributed by atoms with van der Waals surface area (Å²) in [6.07, 6.45) is 41.8. The molecule has 0 saturated heterocycles. The summed E-state index contributed by atoms with van der Waals surface area (Å²) in [5.41, 5.74) is 0. The Morgan fingerprint density at radius 2 is 0.494 bits per heavy atom. The molecule has 0 heterocycles. The predicted molar refractivity (Wildman–Crippen MR) is 322 cm³/mol. The molecule has 0 radical (unpaired) electrons. The Labute approximate surface area is 492 Å². The second-order valence-electron chi connectivity index (χ2n) is 22.4. The molecule has 0 aliphatic heterocycles. The van der Waals surface area contributed by atoms with E-state index >= 15 is 0 Å². The maximum absolute atomic E-state index is 12.9. The summed E-state index contributed by atoms with van der Waals surface area (Å²) in [6.45, 7) is 4.82. The van der Waals surface area contributed by atoms with Gasteiger partial charge in [0, 0.05) is 25.7 Å². The van der Waals surface area contributed by atoms with Crippen LogP contribution in [0.3, 0.4) is 0 Å². The number of phosphoric acid groups is 2. The first-order chi connectivity index (χ1) is 39.2. The zero-order valence-corrected chi connectivity index (χ0v) is 53.5. The summed E-state index contributed by atoms with van der Waals surface area (Å²) in [5.74, 6) is -2.14. The molecule has 0 aliphatic rings. The fourth-order valence-electron chi connectivity index (χ4n) is 9.28. The second-order valence-corrected chi connectivity index (χ2v) is 25.4. The zero-order chi connectivity index (χ0) is 59.8. The van der Waals surface area contributed by atoms with Crippen molar-refractivity contribution in [1.29, 1.82) is 0 Å². The van der Waals surface area contributed by atoms with E-state index in [9.17, 15) is 43.2 Å². The van der Waals surface area contributed by atoms with Gasteiger partial charge in [-0.15, -0.1) is 0 Å². The third-order valence-corrected chi connectivity index (χ3v) is 16.3. The summed E-state index contributed by atoms with van der Waals surface area (Å²) >= 11 is 0. The van der Waals surface area contributed by atoms with Gasteiger partial charge in [0.25, 0.3) is 0 Å². The maximum atomic E-state index is 12.9. The lowest BCUT2D eigenvalue weighted by molar-refractivity contribution is -0.161. The molecule has 2 unspecified atom stereocenters. The Morgan fingerprint density at radius 3 is 0.728 bits per heavy atom. The highest BCUT2D eigenvalue weighted by Gasteiger charge is 2.30. The van der Waals surface area contributed by atoms with Crippen LogP contribution in [0.1, 0.15) is 317 Å². The SMILES string of the molecule is CCCCCCCCCCCCCCC(=O)OC[C@H](COP(=O)(O)OC[C@@H](O)COP(=O)(O)OC[C@@H](COC(=O)CCCCCCCCCCCCC)OC(=O)CCCCCCCCCCCCCC)OC(=O)CCCCCCCC. The van der Waals surface area contributed by atoms with E-state index in [4.69, 9.17) is 37.0 Å². The van der Waals surface area contributed by atoms with Crippen molar-refractivity contribution >= 4 is 39.5 Å². The summed E-state index contributed by atoms with van der Waals surface area (Å²) in [7, 11) is -9.87. The average molecular weight is 1200 g/mol. The number of unbranched alkanes of at least 4 members (excludes halogenated alkanes) is 37. The van der Waals surface area contributed by atoms with Gasteiger partial charge in [-0.25, -0.2) is 9.13 Å². The molecule has 0 spiro atoms.